The molecule has 3 aliphatic rings. The van der Waals surface area contributed by atoms with Gasteiger partial charge in [-0.05, 0) is 31.7 Å². The topological polar surface area (TPSA) is 65.0 Å². The summed E-state index contributed by atoms with van der Waals surface area (Å²) in [6.45, 7) is 3.00. The molecule has 2 aliphatic heterocycles. The molecular formula is C14H22N4O2. The Bertz CT molecular complexity index is 444. The second-order valence-corrected chi connectivity index (χ2v) is 6.05. The van der Waals surface area contributed by atoms with Gasteiger partial charge in [-0.15, -0.1) is 0 Å². The fourth-order valence-corrected chi connectivity index (χ4v) is 2.97. The molecule has 6 heteroatoms. The predicted octanol–water partition coefficient (Wildman–Crippen LogP) is 0.195. The molecule has 2 fully saturated rings. The maximum absolute atomic E-state index is 12.0. The van der Waals surface area contributed by atoms with Crippen molar-refractivity contribution in [1.82, 2.24) is 15.2 Å². The van der Waals surface area contributed by atoms with E-state index in [1.54, 1.807) is 7.05 Å². The molecule has 110 valence electrons. The number of hydrogen-bond acceptors (Lipinski definition) is 4. The summed E-state index contributed by atoms with van der Waals surface area (Å²) < 4.78 is 0. The lowest BCUT2D eigenvalue weighted by atomic mass is 10.1. The van der Waals surface area contributed by atoms with Crippen LogP contribution in [0.1, 0.15) is 32.1 Å². The second kappa shape index (κ2) is 5.52. The number of hydrogen-bond donors (Lipinski definition) is 1. The number of carbonyl (C=O) groups is 2. The Balaban J connectivity index is 1.45. The molecule has 1 N–H and O–H groups in total. The second-order valence-electron chi connectivity index (χ2n) is 6.05. The molecule has 1 aliphatic carbocycles. The Labute approximate surface area is 119 Å². The highest BCUT2D eigenvalue weighted by atomic mass is 16.2. The number of amides is 2. The summed E-state index contributed by atoms with van der Waals surface area (Å²) in [7, 11) is 1.60. The van der Waals surface area contributed by atoms with Gasteiger partial charge in [0.1, 0.15) is 5.71 Å². The fourth-order valence-electron chi connectivity index (χ4n) is 2.97. The van der Waals surface area contributed by atoms with Crippen molar-refractivity contribution in [3.63, 3.8) is 0 Å². The fraction of sp³-hybridized carbons (Fsp3) is 0.786. The Morgan fingerprint density at radius 2 is 2.15 bits per heavy atom. The molecule has 20 heavy (non-hydrogen) atoms. The lowest BCUT2D eigenvalue weighted by Gasteiger charge is -2.19. The molecule has 0 bridgehead atoms. The summed E-state index contributed by atoms with van der Waals surface area (Å²) >= 11 is 0. The van der Waals surface area contributed by atoms with Crippen LogP contribution in [0.15, 0.2) is 5.10 Å². The van der Waals surface area contributed by atoms with Crippen LogP contribution in [0.25, 0.3) is 0 Å². The number of carbonyl (C=O) groups excluding carboxylic acids is 2. The molecule has 2 amide bonds. The molecule has 2 heterocycles. The summed E-state index contributed by atoms with van der Waals surface area (Å²) in [4.78, 5) is 25.9. The molecule has 0 aromatic rings. The average molecular weight is 278 g/mol. The highest BCUT2D eigenvalue weighted by Crippen LogP contribution is 2.31. The van der Waals surface area contributed by atoms with Crippen LogP contribution >= 0.6 is 0 Å². The van der Waals surface area contributed by atoms with E-state index in [9.17, 15) is 9.59 Å². The van der Waals surface area contributed by atoms with Crippen LogP contribution in [-0.2, 0) is 9.59 Å². The lowest BCUT2D eigenvalue weighted by Crippen LogP contribution is -2.39. The highest BCUT2D eigenvalue weighted by molar-refractivity contribution is 6.39. The van der Waals surface area contributed by atoms with Crippen LogP contribution in [0.4, 0.5) is 0 Å². The number of hydrazone groups is 1. The van der Waals surface area contributed by atoms with Crippen LogP contribution in [0.2, 0.25) is 0 Å². The summed E-state index contributed by atoms with van der Waals surface area (Å²) in [6, 6.07) is 0.818. The normalized spacial score (nSPS) is 27.6. The van der Waals surface area contributed by atoms with Crippen molar-refractivity contribution in [1.29, 1.82) is 0 Å². The molecule has 1 atom stereocenters. The number of nitrogens with zero attached hydrogens (tertiary/aromatic N) is 3. The highest BCUT2D eigenvalue weighted by Gasteiger charge is 2.34. The molecule has 0 spiro atoms. The Kier molecular flexibility index (Phi) is 3.74. The van der Waals surface area contributed by atoms with E-state index in [1.807, 2.05) is 0 Å². The summed E-state index contributed by atoms with van der Waals surface area (Å²) in [5.74, 6) is 0.412. The van der Waals surface area contributed by atoms with E-state index >= 15 is 0 Å². The number of nitrogens with one attached hydrogen (secondary N) is 1. The van der Waals surface area contributed by atoms with Gasteiger partial charge < -0.3 is 10.2 Å². The van der Waals surface area contributed by atoms with E-state index < -0.39 is 0 Å². The first kappa shape index (κ1) is 13.5. The van der Waals surface area contributed by atoms with Crippen LogP contribution in [-0.4, -0.2) is 60.2 Å². The van der Waals surface area contributed by atoms with Crippen LogP contribution in [0.5, 0.6) is 0 Å². The van der Waals surface area contributed by atoms with E-state index in [-0.39, 0.29) is 11.8 Å². The van der Waals surface area contributed by atoms with Crippen molar-refractivity contribution in [3.05, 3.63) is 0 Å². The first-order valence-corrected chi connectivity index (χ1v) is 7.50. The van der Waals surface area contributed by atoms with E-state index in [0.717, 1.165) is 19.1 Å². The van der Waals surface area contributed by atoms with Gasteiger partial charge in [-0.2, -0.15) is 5.10 Å². The average Bonchev–Trinajstić information content (AvgIpc) is 3.18. The standard InChI is InChI=1S/C14H22N4O2/c1-17-13(19)5-4-12(16-17)14(20)15-8-10-6-7-18(9-10)11-2-3-11/h10-11H,2-9H2,1H3,(H,15,20). The van der Waals surface area contributed by atoms with Crippen LogP contribution < -0.4 is 5.32 Å². The molecule has 0 aromatic carbocycles. The monoisotopic (exact) mass is 278 g/mol. The van der Waals surface area contributed by atoms with Gasteiger partial charge >= 0.3 is 0 Å². The zero-order chi connectivity index (χ0) is 14.1. The number of likely N-dealkylation sites (tertiary alicyclic amines) is 1. The molecule has 3 rings (SSSR count). The third-order valence-corrected chi connectivity index (χ3v) is 4.40. The van der Waals surface area contributed by atoms with E-state index in [0.29, 0.717) is 24.5 Å². The van der Waals surface area contributed by atoms with Crippen molar-refractivity contribution in [2.75, 3.05) is 26.7 Å². The zero-order valence-electron chi connectivity index (χ0n) is 12.0. The quantitative estimate of drug-likeness (QED) is 0.798. The van der Waals surface area contributed by atoms with Gasteiger partial charge in [-0.25, -0.2) is 5.01 Å². The molecular weight excluding hydrogens is 256 g/mol. The first-order valence-electron chi connectivity index (χ1n) is 7.50. The maximum Gasteiger partial charge on any atom is 0.267 e. The van der Waals surface area contributed by atoms with Gasteiger partial charge in [0, 0.05) is 39.0 Å². The molecule has 1 saturated heterocycles. The third kappa shape index (κ3) is 3.00. The summed E-state index contributed by atoms with van der Waals surface area (Å²) in [6.07, 6.45) is 4.68. The minimum Gasteiger partial charge on any atom is -0.351 e. The van der Waals surface area contributed by atoms with Gasteiger partial charge in [-0.3, -0.25) is 9.59 Å². The van der Waals surface area contributed by atoms with E-state index in [2.05, 4.69) is 15.3 Å². The SMILES string of the molecule is CN1N=C(C(=O)NCC2CCN(C3CC3)C2)CCC1=O. The van der Waals surface area contributed by atoms with Crippen molar-refractivity contribution in [2.45, 2.75) is 38.1 Å². The van der Waals surface area contributed by atoms with Gasteiger partial charge in [0.2, 0.25) is 5.91 Å². The smallest absolute Gasteiger partial charge is 0.267 e. The summed E-state index contributed by atoms with van der Waals surface area (Å²) in [5, 5.41) is 8.28. The van der Waals surface area contributed by atoms with E-state index in [1.165, 1.54) is 30.8 Å². The van der Waals surface area contributed by atoms with Crippen LogP contribution in [0, 0.1) is 5.92 Å². The first-order chi connectivity index (χ1) is 9.63. The van der Waals surface area contributed by atoms with Gasteiger partial charge in [0.15, 0.2) is 0 Å². The third-order valence-electron chi connectivity index (χ3n) is 4.40. The zero-order valence-corrected chi connectivity index (χ0v) is 12.0. The maximum atomic E-state index is 12.0. The van der Waals surface area contributed by atoms with Gasteiger partial charge in [0.05, 0.1) is 0 Å². The van der Waals surface area contributed by atoms with Gasteiger partial charge in [-0.1, -0.05) is 0 Å². The minimum atomic E-state index is -0.116. The molecule has 0 aromatic heterocycles. The lowest BCUT2D eigenvalue weighted by molar-refractivity contribution is -0.130. The predicted molar refractivity (Wildman–Crippen MR) is 75.2 cm³/mol. The van der Waals surface area contributed by atoms with Crippen molar-refractivity contribution < 1.29 is 9.59 Å². The molecule has 6 nitrogen and oxygen atoms in total. The Hall–Kier alpha value is -1.43. The Morgan fingerprint density at radius 3 is 2.85 bits per heavy atom. The minimum absolute atomic E-state index is 0.0302. The number of rotatable bonds is 4. The van der Waals surface area contributed by atoms with Crippen molar-refractivity contribution in [2.24, 2.45) is 11.0 Å². The molecule has 1 unspecified atom stereocenters. The van der Waals surface area contributed by atoms with E-state index in [4.69, 9.17) is 0 Å². The molecule has 0 radical (unpaired) electrons. The van der Waals surface area contributed by atoms with Crippen molar-refractivity contribution in [3.8, 4) is 0 Å². The van der Waals surface area contributed by atoms with Gasteiger partial charge in [0.25, 0.3) is 5.91 Å². The Morgan fingerprint density at radius 1 is 1.35 bits per heavy atom. The largest absolute Gasteiger partial charge is 0.351 e. The summed E-state index contributed by atoms with van der Waals surface area (Å²) in [5.41, 5.74) is 0.476. The van der Waals surface area contributed by atoms with Crippen LogP contribution in [0.3, 0.4) is 0 Å². The van der Waals surface area contributed by atoms with Crippen molar-refractivity contribution >= 4 is 17.5 Å². The molecule has 1 saturated carbocycles.